The number of cyclic esters (lactones) is 2. The largest absolute Gasteiger partial charge is 0.447 e. The first kappa shape index (κ1) is 45.5. The van der Waals surface area contributed by atoms with E-state index in [0.29, 0.717) is 12.8 Å². The number of hydrogen-bond donors (Lipinski definition) is 1. The summed E-state index contributed by atoms with van der Waals surface area (Å²) >= 11 is 0. The van der Waals surface area contributed by atoms with Gasteiger partial charge in [0.2, 0.25) is 11.8 Å². The molecule has 2 aromatic carbocycles. The molecule has 286 valence electrons. The minimum absolute atomic E-state index is 0. The lowest BCUT2D eigenvalue weighted by molar-refractivity contribution is -0.140. The molecule has 2 aliphatic rings. The average Bonchev–Trinajstić information content (AvgIpc) is 3.56. The third kappa shape index (κ3) is 11.5. The van der Waals surface area contributed by atoms with Crippen molar-refractivity contribution in [2.24, 2.45) is 11.8 Å². The van der Waals surface area contributed by atoms with E-state index in [9.17, 15) is 24.3 Å². The molecule has 2 heterocycles. The van der Waals surface area contributed by atoms with Crippen molar-refractivity contribution in [3.05, 3.63) is 71.8 Å². The molecule has 0 spiro atoms. The van der Waals surface area contributed by atoms with Gasteiger partial charge in [-0.25, -0.2) is 19.4 Å². The van der Waals surface area contributed by atoms with Gasteiger partial charge < -0.3 is 19.0 Å². The van der Waals surface area contributed by atoms with Gasteiger partial charge in [-0.05, 0) is 69.8 Å². The molecule has 1 N–H and O–H groups in total. The first-order valence-corrected chi connectivity index (χ1v) is 20.0. The Kier molecular flexibility index (Phi) is 15.9. The van der Waals surface area contributed by atoms with Crippen LogP contribution in [0.15, 0.2) is 60.7 Å². The maximum absolute atomic E-state index is 13.3. The average molecular weight is 729 g/mol. The first-order chi connectivity index (χ1) is 22.6. The first-order valence-electron chi connectivity index (χ1n) is 17.1. The van der Waals surface area contributed by atoms with Crippen LogP contribution in [0.3, 0.4) is 0 Å². The van der Waals surface area contributed by atoms with E-state index in [1.807, 2.05) is 81.4 Å². The summed E-state index contributed by atoms with van der Waals surface area (Å²) in [5.41, 5.74) is 0.250. The van der Waals surface area contributed by atoms with E-state index in [2.05, 4.69) is 33.9 Å². The smallest absolute Gasteiger partial charge is 0.416 e. The summed E-state index contributed by atoms with van der Waals surface area (Å²) < 4.78 is 16.8. The molecule has 2 aromatic rings. The number of imide groups is 2. The fourth-order valence-electron chi connectivity index (χ4n) is 5.45. The summed E-state index contributed by atoms with van der Waals surface area (Å²) in [4.78, 5) is 52.4. The topological polar surface area (TPSA) is 123 Å². The maximum atomic E-state index is 13.3. The summed E-state index contributed by atoms with van der Waals surface area (Å²) in [5, 5.41) is 10.0. The summed E-state index contributed by atoms with van der Waals surface area (Å²) in [6.45, 7) is 21.8. The van der Waals surface area contributed by atoms with Crippen molar-refractivity contribution < 1.29 is 38.2 Å². The molecule has 0 unspecified atom stereocenters. The molecule has 0 bridgehead atoms. The number of nitrogens with zero attached hydrogens (tertiary/aromatic N) is 2. The van der Waals surface area contributed by atoms with Gasteiger partial charge in [0.15, 0.2) is 8.32 Å². The molecule has 2 fully saturated rings. The fourth-order valence-corrected chi connectivity index (χ4v) is 7.25. The highest BCUT2D eigenvalue weighted by Gasteiger charge is 2.48. The second-order valence-electron chi connectivity index (χ2n) is 15.8. The Morgan fingerprint density at radius 2 is 1.10 bits per heavy atom. The number of carbonyl (C=O) groups excluding carboxylic acids is 4. The van der Waals surface area contributed by atoms with Crippen LogP contribution in [0.5, 0.6) is 0 Å². The number of carbonyl (C=O) groups is 4. The highest BCUT2D eigenvalue weighted by molar-refractivity contribution is 6.74. The third-order valence-electron chi connectivity index (χ3n) is 10.2. The van der Waals surface area contributed by atoms with E-state index in [-0.39, 0.29) is 51.1 Å². The lowest BCUT2D eigenvalue weighted by atomic mass is 9.91. The molecule has 51 heavy (non-hydrogen) atoms. The van der Waals surface area contributed by atoms with Gasteiger partial charge in [-0.1, -0.05) is 110 Å². The van der Waals surface area contributed by atoms with Gasteiger partial charge in [0.1, 0.15) is 13.2 Å². The van der Waals surface area contributed by atoms with E-state index in [0.717, 1.165) is 16.0 Å². The van der Waals surface area contributed by atoms with Gasteiger partial charge in [-0.3, -0.25) is 9.59 Å². The van der Waals surface area contributed by atoms with Gasteiger partial charge in [0, 0.05) is 0 Å². The lowest BCUT2D eigenvalue weighted by Gasteiger charge is -2.45. The predicted molar refractivity (Wildman–Crippen MR) is 205 cm³/mol. The van der Waals surface area contributed by atoms with Gasteiger partial charge in [-0.2, -0.15) is 0 Å². The molecule has 2 aliphatic heterocycles. The van der Waals surface area contributed by atoms with Crippen LogP contribution in [0.2, 0.25) is 18.1 Å². The highest BCUT2D eigenvalue weighted by atomic mass is 28.4. The number of benzene rings is 2. The monoisotopic (exact) mass is 728 g/mol. The molecule has 4 rings (SSSR count). The van der Waals surface area contributed by atoms with Crippen molar-refractivity contribution in [1.29, 1.82) is 0 Å². The number of rotatable bonds is 10. The van der Waals surface area contributed by atoms with Crippen molar-refractivity contribution in [1.82, 2.24) is 9.80 Å². The van der Waals surface area contributed by atoms with Crippen LogP contribution in [0.4, 0.5) is 9.59 Å². The second kappa shape index (κ2) is 17.8. The van der Waals surface area contributed by atoms with Crippen molar-refractivity contribution in [3.8, 4) is 0 Å². The van der Waals surface area contributed by atoms with Crippen LogP contribution in [-0.2, 0) is 36.3 Å². The van der Waals surface area contributed by atoms with Gasteiger partial charge in [0.05, 0.1) is 35.1 Å². The van der Waals surface area contributed by atoms with E-state index >= 15 is 0 Å². The van der Waals surface area contributed by atoms with Gasteiger partial charge in [0.25, 0.3) is 0 Å². The van der Waals surface area contributed by atoms with Crippen LogP contribution in [0.25, 0.3) is 0 Å². The molecule has 4 atom stereocenters. The minimum Gasteiger partial charge on any atom is -0.447 e. The Labute approximate surface area is 308 Å². The Morgan fingerprint density at radius 3 is 1.43 bits per heavy atom. The van der Waals surface area contributed by atoms with Gasteiger partial charge >= 0.3 is 12.2 Å². The zero-order valence-corrected chi connectivity index (χ0v) is 32.1. The normalized spacial score (nSPS) is 19.1. The highest BCUT2D eigenvalue weighted by Crippen LogP contribution is 2.41. The molecule has 0 saturated carbocycles. The molecule has 0 radical (unpaired) electrons. The van der Waals surface area contributed by atoms with E-state index in [1.165, 1.54) is 4.90 Å². The SMILES string of the molecule is C.C.C[C@H](C(=O)N1C(=O)OC[C@H]1Cc1ccccc1)C(C)(C)O.C[C@H](C(=O)N1C(=O)OC[C@H]1Cc1ccccc1)C(C)(C)O[Si](C)(C)C(C)(C)C. The van der Waals surface area contributed by atoms with Crippen LogP contribution in [0, 0.1) is 11.8 Å². The molecule has 2 saturated heterocycles. The van der Waals surface area contributed by atoms with Crippen molar-refractivity contribution in [2.75, 3.05) is 13.2 Å². The summed E-state index contributed by atoms with van der Waals surface area (Å²) in [5.74, 6) is -1.77. The lowest BCUT2D eigenvalue weighted by Crippen LogP contribution is -2.54. The minimum atomic E-state index is -2.07. The molecule has 11 heteroatoms. The zero-order valence-electron chi connectivity index (χ0n) is 31.1. The molecule has 4 amide bonds. The Morgan fingerprint density at radius 1 is 0.745 bits per heavy atom. The summed E-state index contributed by atoms with van der Waals surface area (Å²) in [6.07, 6.45) is -0.0382. The molecular weight excluding hydrogens is 665 g/mol. The third-order valence-corrected chi connectivity index (χ3v) is 14.8. The molecule has 0 aromatic heterocycles. The van der Waals surface area contributed by atoms with E-state index in [4.69, 9.17) is 13.9 Å². The predicted octanol–water partition coefficient (Wildman–Crippen LogP) is 8.27. The fraction of sp³-hybridized carbons (Fsp3) is 0.600. The number of aliphatic hydroxyl groups is 1. The van der Waals surface area contributed by atoms with E-state index < -0.39 is 49.4 Å². The number of amides is 4. The number of hydrogen-bond acceptors (Lipinski definition) is 8. The Balaban J connectivity index is 0.000000509. The van der Waals surface area contributed by atoms with Crippen LogP contribution in [-0.4, -0.2) is 83.7 Å². The zero-order chi connectivity index (χ0) is 36.9. The second-order valence-corrected chi connectivity index (χ2v) is 20.5. The standard InChI is InChI=1S/C22H35NO4Si.C16H21NO4.2CH4/c1-16(22(5,6)27-28(7,8)21(2,3)4)19(24)23-18(15-26-20(23)25)14-17-12-10-9-11-13-17;1-11(16(2,3)20)14(18)17-13(10-21-15(17)19)9-12-7-5-4-6-8-12;;/h9-13,16,18H,14-15H2,1-8H3;4-8,11,13,20H,9-10H2,1-3H3;2*1H4/t16-,18-;11-,13-;;/m11../s1. The number of ether oxygens (including phenoxy) is 2. The maximum Gasteiger partial charge on any atom is 0.416 e. The van der Waals surface area contributed by atoms with Gasteiger partial charge in [-0.15, -0.1) is 0 Å². The Hall–Kier alpha value is -3.54. The molecule has 10 nitrogen and oxygen atoms in total. The molecular formula is C40H64N2O8Si. The molecule has 0 aliphatic carbocycles. The van der Waals surface area contributed by atoms with Crippen molar-refractivity contribution >= 4 is 32.3 Å². The van der Waals surface area contributed by atoms with Crippen LogP contribution in [0.1, 0.15) is 88.3 Å². The summed E-state index contributed by atoms with van der Waals surface area (Å²) in [7, 11) is -2.07. The van der Waals surface area contributed by atoms with Crippen molar-refractivity contribution in [3.63, 3.8) is 0 Å². The van der Waals surface area contributed by atoms with E-state index in [1.54, 1.807) is 20.8 Å². The summed E-state index contributed by atoms with van der Waals surface area (Å²) in [6, 6.07) is 18.9. The van der Waals surface area contributed by atoms with Crippen molar-refractivity contribution in [2.45, 2.75) is 131 Å². The Bertz CT molecular complexity index is 1450. The van der Waals surface area contributed by atoms with Crippen LogP contribution >= 0.6 is 0 Å². The van der Waals surface area contributed by atoms with Crippen LogP contribution < -0.4 is 0 Å². The quantitative estimate of drug-likeness (QED) is 0.243.